The first kappa shape index (κ1) is 30.3. The van der Waals surface area contributed by atoms with E-state index in [-0.39, 0.29) is 14.7 Å². The number of ether oxygens (including phenoxy) is 2. The van der Waals surface area contributed by atoms with Gasteiger partial charge in [0, 0.05) is 14.7 Å². The van der Waals surface area contributed by atoms with E-state index in [9.17, 15) is 34.8 Å². The number of halogens is 6. The van der Waals surface area contributed by atoms with Crippen LogP contribution in [0.4, 0.5) is 26.3 Å². The molecule has 0 spiro atoms. The Kier molecular flexibility index (Phi) is 8.90. The summed E-state index contributed by atoms with van der Waals surface area (Å²) >= 11 is 0. The van der Waals surface area contributed by atoms with Gasteiger partial charge in [0.2, 0.25) is 5.82 Å². The van der Waals surface area contributed by atoms with Crippen LogP contribution < -0.4 is 9.47 Å². The third-order valence-electron chi connectivity index (χ3n) is 5.69. The van der Waals surface area contributed by atoms with E-state index in [4.69, 9.17) is 13.1 Å². The molecule has 218 valence electrons. The van der Waals surface area contributed by atoms with Crippen LogP contribution in [0.15, 0.2) is 92.4 Å². The Morgan fingerprint density at radius 2 is 0.878 bits per heavy atom. The number of rotatable bonds is 10. The van der Waals surface area contributed by atoms with Gasteiger partial charge in [-0.25, -0.2) is 30.0 Å². The average molecular weight is 617 g/mol. The van der Waals surface area contributed by atoms with Crippen LogP contribution in [0.2, 0.25) is 0 Å². The number of benzene rings is 4. The first-order chi connectivity index (χ1) is 19.5. The summed E-state index contributed by atoms with van der Waals surface area (Å²) in [6.07, 6.45) is 0. The van der Waals surface area contributed by atoms with Crippen molar-refractivity contribution >= 4 is 20.4 Å². The minimum atomic E-state index is -5.75. The molecule has 4 rings (SSSR count). The van der Waals surface area contributed by atoms with Gasteiger partial charge < -0.3 is 9.47 Å². The molecule has 0 heterocycles. The lowest BCUT2D eigenvalue weighted by atomic mass is 10.3. The predicted molar refractivity (Wildman–Crippen MR) is 139 cm³/mol. The second-order valence-corrected chi connectivity index (χ2v) is 12.6. The minimum absolute atomic E-state index is 0.0275. The smallest absolute Gasteiger partial charge is 0.313 e. The molecule has 0 aliphatic rings. The molecule has 0 atom stereocenters. The fourth-order valence-corrected chi connectivity index (χ4v) is 9.20. The maximum Gasteiger partial charge on any atom is 0.313 e. The Labute approximate surface area is 233 Å². The molecule has 0 aliphatic heterocycles. The van der Waals surface area contributed by atoms with E-state index in [1.807, 2.05) is 0 Å². The first-order valence-corrected chi connectivity index (χ1v) is 14.9. The quantitative estimate of drug-likeness (QED) is 0.103. The van der Waals surface area contributed by atoms with Crippen LogP contribution in [-0.2, 0) is 13.7 Å². The fourth-order valence-electron chi connectivity index (χ4n) is 3.91. The van der Waals surface area contributed by atoms with Gasteiger partial charge in [0.15, 0.2) is 28.2 Å². The molecule has 0 aliphatic carbocycles. The summed E-state index contributed by atoms with van der Waals surface area (Å²) in [6.45, 7) is 4.09. The first-order valence-electron chi connectivity index (χ1n) is 12.0. The molecule has 13 heteroatoms. The van der Waals surface area contributed by atoms with Crippen molar-refractivity contribution in [2.24, 2.45) is 0 Å². The normalized spacial score (nSPS) is 12.3. The van der Waals surface area contributed by atoms with Crippen LogP contribution >= 0.6 is 10.3 Å². The van der Waals surface area contributed by atoms with Crippen LogP contribution in [0.3, 0.4) is 0 Å². The second kappa shape index (κ2) is 12.0. The topological polar surface area (TPSA) is 61.8 Å². The van der Waals surface area contributed by atoms with Gasteiger partial charge in [-0.3, -0.25) is 0 Å². The summed E-state index contributed by atoms with van der Waals surface area (Å²) in [6, 6.07) is 16.0. The molecular weight excluding hydrogens is 594 g/mol. The van der Waals surface area contributed by atoms with E-state index in [0.717, 1.165) is 12.1 Å². The van der Waals surface area contributed by atoms with E-state index in [1.165, 1.54) is 60.7 Å². The maximum absolute atomic E-state index is 14.8. The van der Waals surface area contributed by atoms with Crippen LogP contribution in [0.1, 0.15) is 13.8 Å². The Balaban J connectivity index is 2.06. The van der Waals surface area contributed by atoms with E-state index < -0.39 is 60.2 Å². The molecule has 41 heavy (non-hydrogen) atoms. The van der Waals surface area contributed by atoms with Gasteiger partial charge >= 0.3 is 10.1 Å². The Hall–Kier alpha value is -3.68. The summed E-state index contributed by atoms with van der Waals surface area (Å²) < 4.78 is 129. The number of hydrogen-bond donors (Lipinski definition) is 0. The van der Waals surface area contributed by atoms with Crippen molar-refractivity contribution in [1.82, 2.24) is 0 Å². The zero-order valence-corrected chi connectivity index (χ0v) is 23.1. The van der Waals surface area contributed by atoms with E-state index >= 15 is 0 Å². The second-order valence-electron chi connectivity index (χ2n) is 8.24. The summed E-state index contributed by atoms with van der Waals surface area (Å²) in [5.74, 6) is -12.6. The lowest BCUT2D eigenvalue weighted by Gasteiger charge is -2.39. The molecular formula is C28H22F6O5S2. The van der Waals surface area contributed by atoms with Crippen molar-refractivity contribution in [2.75, 3.05) is 13.2 Å². The molecule has 0 aromatic heterocycles. The zero-order chi connectivity index (χ0) is 29.9. The lowest BCUT2D eigenvalue weighted by molar-refractivity contribution is 0.340. The SMILES string of the molecule is CCOc1ccc(S(OS(=O)(=O)c2c(F)c(F)c(F)c(F)c2F)(c2ccc(F)cc2)c2ccc(OCC)cc2)cc1. The third-order valence-corrected chi connectivity index (χ3v) is 10.9. The largest absolute Gasteiger partial charge is 0.494 e. The lowest BCUT2D eigenvalue weighted by Crippen LogP contribution is -2.19. The molecule has 0 unspecified atom stereocenters. The van der Waals surface area contributed by atoms with Crippen LogP contribution in [0, 0.1) is 34.9 Å². The molecule has 0 fully saturated rings. The third kappa shape index (κ3) is 5.74. The molecule has 0 N–H and O–H groups in total. The Morgan fingerprint density at radius 1 is 0.537 bits per heavy atom. The molecule has 0 radical (unpaired) electrons. The molecule has 0 saturated heterocycles. The van der Waals surface area contributed by atoms with Crippen molar-refractivity contribution in [2.45, 2.75) is 33.4 Å². The van der Waals surface area contributed by atoms with Crippen LogP contribution in [-0.4, -0.2) is 21.6 Å². The van der Waals surface area contributed by atoms with Gasteiger partial charge in [0.25, 0.3) is 0 Å². The van der Waals surface area contributed by atoms with Crippen molar-refractivity contribution in [3.8, 4) is 11.5 Å². The standard InChI is InChI=1S/C28H22F6O5S2/c1-3-37-18-7-13-21(14-8-18)40(20-11-5-17(29)6-12-20,22-15-9-19(10-16-22)38-4-2)39-41(35,36)28-26(33)24(31)23(30)25(32)27(28)34/h5-16H,3-4H2,1-2H3. The molecule has 5 nitrogen and oxygen atoms in total. The van der Waals surface area contributed by atoms with Gasteiger partial charge in [-0.15, -0.1) is 0 Å². The molecule has 4 aromatic carbocycles. The van der Waals surface area contributed by atoms with Crippen LogP contribution in [0.5, 0.6) is 11.5 Å². The van der Waals surface area contributed by atoms with Gasteiger partial charge in [0.1, 0.15) is 17.3 Å². The minimum Gasteiger partial charge on any atom is -0.494 e. The van der Waals surface area contributed by atoms with Crippen molar-refractivity contribution in [3.63, 3.8) is 0 Å². The highest BCUT2D eigenvalue weighted by molar-refractivity contribution is 8.33. The van der Waals surface area contributed by atoms with Gasteiger partial charge in [0.05, 0.1) is 13.2 Å². The Bertz CT molecular complexity index is 1570. The predicted octanol–water partition coefficient (Wildman–Crippen LogP) is 7.92. The molecule has 4 aromatic rings. The van der Waals surface area contributed by atoms with Gasteiger partial charge in [-0.1, -0.05) is 0 Å². The molecule has 0 amide bonds. The van der Waals surface area contributed by atoms with Gasteiger partial charge in [-0.2, -0.15) is 8.42 Å². The van der Waals surface area contributed by atoms with Crippen LogP contribution in [0.25, 0.3) is 0 Å². The summed E-state index contributed by atoms with van der Waals surface area (Å²) in [5.41, 5.74) is 0. The maximum atomic E-state index is 14.8. The highest BCUT2D eigenvalue weighted by atomic mass is 32.3. The van der Waals surface area contributed by atoms with Crippen molar-refractivity contribution in [1.29, 1.82) is 0 Å². The number of hydrogen-bond acceptors (Lipinski definition) is 5. The molecule has 0 bridgehead atoms. The summed E-state index contributed by atoms with van der Waals surface area (Å²) in [7, 11) is -9.38. The van der Waals surface area contributed by atoms with E-state index in [1.54, 1.807) is 13.8 Å². The van der Waals surface area contributed by atoms with E-state index in [0.29, 0.717) is 24.7 Å². The Morgan fingerprint density at radius 3 is 1.24 bits per heavy atom. The highest BCUT2D eigenvalue weighted by Gasteiger charge is 2.42. The van der Waals surface area contributed by atoms with Gasteiger partial charge in [-0.05, 0) is 97.0 Å². The van der Waals surface area contributed by atoms with Crippen molar-refractivity contribution < 1.29 is 47.9 Å². The average Bonchev–Trinajstić information content (AvgIpc) is 2.95. The zero-order valence-electron chi connectivity index (χ0n) is 21.5. The van der Waals surface area contributed by atoms with E-state index in [2.05, 4.69) is 0 Å². The monoisotopic (exact) mass is 616 g/mol. The summed E-state index contributed by atoms with van der Waals surface area (Å²) in [4.78, 5) is -1.90. The highest BCUT2D eigenvalue weighted by Crippen LogP contribution is 2.70. The summed E-state index contributed by atoms with van der Waals surface area (Å²) in [5, 5.41) is 0. The molecule has 0 saturated carbocycles. The van der Waals surface area contributed by atoms with Crippen molar-refractivity contribution in [3.05, 3.63) is 108 Å². The fraction of sp³-hybridized carbons (Fsp3) is 0.143.